The number of nitrogens with zero attached hydrogens (tertiary/aromatic N) is 2. The number of H-pyrrole nitrogens is 1. The van der Waals surface area contributed by atoms with Crippen molar-refractivity contribution >= 4 is 17.1 Å². The molecule has 0 spiro atoms. The lowest BCUT2D eigenvalue weighted by Crippen LogP contribution is -2.35. The fourth-order valence-corrected chi connectivity index (χ4v) is 2.91. The van der Waals surface area contributed by atoms with Crippen molar-refractivity contribution in [3.63, 3.8) is 0 Å². The Morgan fingerprint density at radius 1 is 1.30 bits per heavy atom. The van der Waals surface area contributed by atoms with E-state index >= 15 is 0 Å². The van der Waals surface area contributed by atoms with Crippen LogP contribution in [-0.4, -0.2) is 21.9 Å². The number of aromatic amines is 1. The minimum absolute atomic E-state index is 0.0342. The lowest BCUT2D eigenvalue weighted by atomic mass is 9.87. The third kappa shape index (κ3) is 3.94. The molecular formula is C21H27N4O2+. The summed E-state index contributed by atoms with van der Waals surface area (Å²) in [5.74, 6) is 1.16. The molecule has 0 fully saturated rings. The van der Waals surface area contributed by atoms with E-state index in [2.05, 4.69) is 42.1 Å². The van der Waals surface area contributed by atoms with Crippen molar-refractivity contribution in [3.05, 3.63) is 47.8 Å². The van der Waals surface area contributed by atoms with E-state index in [-0.39, 0.29) is 17.4 Å². The average molecular weight is 367 g/mol. The van der Waals surface area contributed by atoms with Crippen molar-refractivity contribution in [1.29, 1.82) is 0 Å². The van der Waals surface area contributed by atoms with Crippen LogP contribution in [0.1, 0.15) is 50.5 Å². The van der Waals surface area contributed by atoms with Crippen molar-refractivity contribution in [2.24, 2.45) is 7.05 Å². The SMILES string of the molecule is CC(C)NC(=O)c1c[nH]c2ncc(Oc3cccc(C(C)(C)C)c3)[n+](C)c12. The van der Waals surface area contributed by atoms with Crippen LogP contribution in [0.2, 0.25) is 0 Å². The fourth-order valence-electron chi connectivity index (χ4n) is 2.91. The smallest absolute Gasteiger partial charge is 0.392 e. The number of aryl methyl sites for hydroxylation is 1. The first-order valence-corrected chi connectivity index (χ1v) is 9.12. The van der Waals surface area contributed by atoms with E-state index in [1.54, 1.807) is 12.4 Å². The fraction of sp³-hybridized carbons (Fsp3) is 0.381. The van der Waals surface area contributed by atoms with Crippen LogP contribution in [0.25, 0.3) is 11.2 Å². The second-order valence-electron chi connectivity index (χ2n) is 8.06. The van der Waals surface area contributed by atoms with Gasteiger partial charge in [-0.2, -0.15) is 4.57 Å². The van der Waals surface area contributed by atoms with Gasteiger partial charge in [-0.3, -0.25) is 4.79 Å². The monoisotopic (exact) mass is 367 g/mol. The number of amides is 1. The zero-order valence-electron chi connectivity index (χ0n) is 16.8. The molecule has 6 heteroatoms. The molecule has 0 aliphatic carbocycles. The molecule has 3 aromatic rings. The van der Waals surface area contributed by atoms with Crippen molar-refractivity contribution in [2.45, 2.75) is 46.1 Å². The first kappa shape index (κ1) is 18.9. The molecule has 0 radical (unpaired) electrons. The molecule has 6 nitrogen and oxygen atoms in total. The van der Waals surface area contributed by atoms with Crippen molar-refractivity contribution in [1.82, 2.24) is 15.3 Å². The van der Waals surface area contributed by atoms with Gasteiger partial charge in [0.15, 0.2) is 0 Å². The van der Waals surface area contributed by atoms with Gasteiger partial charge in [0.1, 0.15) is 24.6 Å². The van der Waals surface area contributed by atoms with Crippen molar-refractivity contribution < 1.29 is 14.1 Å². The van der Waals surface area contributed by atoms with Gasteiger partial charge in [-0.05, 0) is 37.0 Å². The molecule has 0 saturated heterocycles. The average Bonchev–Trinajstić information content (AvgIpc) is 3.01. The number of fused-ring (bicyclic) bond motifs is 1. The van der Waals surface area contributed by atoms with Crippen LogP contribution in [0.5, 0.6) is 11.6 Å². The number of ether oxygens (including phenoxy) is 1. The summed E-state index contributed by atoms with van der Waals surface area (Å²) in [4.78, 5) is 20.0. The van der Waals surface area contributed by atoms with E-state index < -0.39 is 0 Å². The molecule has 0 unspecified atom stereocenters. The topological polar surface area (TPSA) is 70.9 Å². The van der Waals surface area contributed by atoms with E-state index in [0.717, 1.165) is 5.75 Å². The normalized spacial score (nSPS) is 11.8. The molecule has 0 aliphatic heterocycles. The highest BCUT2D eigenvalue weighted by molar-refractivity contribution is 6.03. The molecule has 0 atom stereocenters. The molecule has 1 aromatic carbocycles. The Morgan fingerprint density at radius 3 is 2.70 bits per heavy atom. The number of rotatable bonds is 4. The second-order valence-corrected chi connectivity index (χ2v) is 8.06. The van der Waals surface area contributed by atoms with Crippen LogP contribution in [-0.2, 0) is 12.5 Å². The largest absolute Gasteiger partial charge is 0.404 e. The Kier molecular flexibility index (Phi) is 4.91. The van der Waals surface area contributed by atoms with Gasteiger partial charge in [0.05, 0.1) is 0 Å². The number of nitrogens with one attached hydrogen (secondary N) is 2. The number of hydrogen-bond acceptors (Lipinski definition) is 3. The molecule has 2 heterocycles. The van der Waals surface area contributed by atoms with Gasteiger partial charge >= 0.3 is 5.88 Å². The van der Waals surface area contributed by atoms with Crippen LogP contribution in [0.15, 0.2) is 36.7 Å². The highest BCUT2D eigenvalue weighted by atomic mass is 16.5. The van der Waals surface area contributed by atoms with Gasteiger partial charge in [0.2, 0.25) is 5.65 Å². The lowest BCUT2D eigenvalue weighted by molar-refractivity contribution is -0.650. The first-order valence-electron chi connectivity index (χ1n) is 9.12. The van der Waals surface area contributed by atoms with E-state index in [9.17, 15) is 4.79 Å². The summed E-state index contributed by atoms with van der Waals surface area (Å²) in [7, 11) is 1.87. The molecule has 1 amide bonds. The van der Waals surface area contributed by atoms with E-state index in [1.165, 1.54) is 5.56 Å². The summed E-state index contributed by atoms with van der Waals surface area (Å²) in [5.41, 5.74) is 3.12. The summed E-state index contributed by atoms with van der Waals surface area (Å²) in [6, 6.07) is 8.09. The maximum Gasteiger partial charge on any atom is 0.392 e. The van der Waals surface area contributed by atoms with Gasteiger partial charge < -0.3 is 15.0 Å². The number of carbonyl (C=O) groups is 1. The number of carbonyl (C=O) groups excluding carboxylic acids is 1. The van der Waals surface area contributed by atoms with Crippen molar-refractivity contribution in [2.75, 3.05) is 0 Å². The Hall–Kier alpha value is -2.89. The van der Waals surface area contributed by atoms with Crippen LogP contribution in [0, 0.1) is 0 Å². The predicted molar refractivity (Wildman–Crippen MR) is 105 cm³/mol. The minimum atomic E-state index is -0.138. The van der Waals surface area contributed by atoms with Gasteiger partial charge in [0.25, 0.3) is 11.4 Å². The Balaban J connectivity index is 1.99. The Bertz CT molecular complexity index is 984. The van der Waals surface area contributed by atoms with Crippen LogP contribution >= 0.6 is 0 Å². The van der Waals surface area contributed by atoms with Gasteiger partial charge in [0, 0.05) is 12.2 Å². The van der Waals surface area contributed by atoms with Crippen molar-refractivity contribution in [3.8, 4) is 11.6 Å². The summed E-state index contributed by atoms with van der Waals surface area (Å²) in [6.45, 7) is 10.4. The predicted octanol–water partition coefficient (Wildman–Crippen LogP) is 3.62. The number of benzene rings is 1. The van der Waals surface area contributed by atoms with E-state index in [1.807, 2.05) is 43.7 Å². The number of aromatic nitrogens is 3. The maximum absolute atomic E-state index is 12.5. The molecule has 2 N–H and O–H groups in total. The quantitative estimate of drug-likeness (QED) is 0.692. The molecule has 27 heavy (non-hydrogen) atoms. The first-order chi connectivity index (χ1) is 12.7. The lowest BCUT2D eigenvalue weighted by Gasteiger charge is -2.19. The Labute approximate surface area is 159 Å². The van der Waals surface area contributed by atoms with Gasteiger partial charge in [-0.1, -0.05) is 32.9 Å². The maximum atomic E-state index is 12.5. The highest BCUT2D eigenvalue weighted by Crippen LogP contribution is 2.27. The molecule has 0 aliphatic rings. The van der Waals surface area contributed by atoms with Gasteiger partial charge in [-0.25, -0.2) is 4.98 Å². The molecule has 142 valence electrons. The molecular weight excluding hydrogens is 340 g/mol. The van der Waals surface area contributed by atoms with Gasteiger partial charge in [-0.15, -0.1) is 0 Å². The number of hydrogen-bond donors (Lipinski definition) is 2. The second kappa shape index (κ2) is 7.02. The third-order valence-corrected chi connectivity index (χ3v) is 4.39. The highest BCUT2D eigenvalue weighted by Gasteiger charge is 2.25. The zero-order valence-corrected chi connectivity index (χ0v) is 16.8. The molecule has 0 bridgehead atoms. The summed E-state index contributed by atoms with van der Waals surface area (Å²) >= 11 is 0. The molecule has 0 saturated carbocycles. The molecule has 3 rings (SSSR count). The Morgan fingerprint density at radius 2 is 2.04 bits per heavy atom. The van der Waals surface area contributed by atoms with E-state index in [0.29, 0.717) is 22.6 Å². The summed E-state index contributed by atoms with van der Waals surface area (Å²) in [6.07, 6.45) is 3.34. The standard InChI is InChI=1S/C21H26N4O2/c1-13(2)24-20(26)16-11-22-19-18(16)25(6)17(12-23-19)27-15-9-7-8-14(10-15)21(3,4)5/h7-13H,1-6H3,(H,24,26)/p+1. The van der Waals surface area contributed by atoms with Crippen LogP contribution < -0.4 is 14.6 Å². The third-order valence-electron chi connectivity index (χ3n) is 4.39. The van der Waals surface area contributed by atoms with E-state index in [4.69, 9.17) is 4.74 Å². The van der Waals surface area contributed by atoms with Crippen LogP contribution in [0.4, 0.5) is 0 Å². The summed E-state index contributed by atoms with van der Waals surface area (Å²) in [5, 5.41) is 2.92. The van der Waals surface area contributed by atoms with Crippen LogP contribution in [0.3, 0.4) is 0 Å². The minimum Gasteiger partial charge on any atom is -0.404 e. The summed E-state index contributed by atoms with van der Waals surface area (Å²) < 4.78 is 7.94. The molecule has 2 aromatic heterocycles. The zero-order chi connectivity index (χ0) is 19.8.